The van der Waals surface area contributed by atoms with E-state index in [1.165, 1.54) is 6.21 Å². The van der Waals surface area contributed by atoms with Gasteiger partial charge in [-0.15, -0.1) is 0 Å². The molecule has 3 rings (SSSR count). The Hall–Kier alpha value is -3.05. The van der Waals surface area contributed by atoms with E-state index in [-0.39, 0.29) is 12.5 Å². The minimum atomic E-state index is -0.359. The highest BCUT2D eigenvalue weighted by atomic mass is 35.5. The number of para-hydroxylation sites is 1. The minimum absolute atomic E-state index is 0.118. The first-order valence-corrected chi connectivity index (χ1v) is 8.36. The molecule has 26 heavy (non-hydrogen) atoms. The Morgan fingerprint density at radius 3 is 2.77 bits per heavy atom. The van der Waals surface area contributed by atoms with Gasteiger partial charge >= 0.3 is 0 Å². The second kappa shape index (κ2) is 8.36. The number of benzene rings is 2. The van der Waals surface area contributed by atoms with Crippen LogP contribution in [0.25, 0.3) is 11.3 Å². The van der Waals surface area contributed by atoms with Crippen molar-refractivity contribution in [2.24, 2.45) is 5.10 Å². The van der Waals surface area contributed by atoms with Crippen LogP contribution in [0.3, 0.4) is 0 Å². The molecule has 0 saturated heterocycles. The van der Waals surface area contributed by atoms with E-state index in [2.05, 4.69) is 10.5 Å². The largest absolute Gasteiger partial charge is 0.484 e. The molecule has 0 atom stereocenters. The molecule has 0 fully saturated rings. The molecule has 0 bridgehead atoms. The summed E-state index contributed by atoms with van der Waals surface area (Å²) in [5.41, 5.74) is 4.27. The van der Waals surface area contributed by atoms with Crippen molar-refractivity contribution in [2.75, 3.05) is 6.61 Å². The van der Waals surface area contributed by atoms with Crippen molar-refractivity contribution in [1.29, 1.82) is 0 Å². The standard InChI is InChI=1S/C20H17ClN2O3/c1-14-7-8-15(11-18(14)21)19-10-9-17(26-19)12-22-23-20(24)13-25-16-5-3-2-4-6-16/h2-12H,13H2,1H3,(H,23,24). The van der Waals surface area contributed by atoms with E-state index in [0.717, 1.165) is 11.1 Å². The topological polar surface area (TPSA) is 63.8 Å². The van der Waals surface area contributed by atoms with Gasteiger partial charge in [-0.2, -0.15) is 5.10 Å². The number of nitrogens with zero attached hydrogens (tertiary/aromatic N) is 1. The van der Waals surface area contributed by atoms with E-state index >= 15 is 0 Å². The summed E-state index contributed by atoms with van der Waals surface area (Å²) in [6, 6.07) is 18.4. The Balaban J connectivity index is 1.53. The molecule has 2 aromatic carbocycles. The molecule has 0 aliphatic rings. The summed E-state index contributed by atoms with van der Waals surface area (Å²) < 4.78 is 11.0. The monoisotopic (exact) mass is 368 g/mol. The van der Waals surface area contributed by atoms with Crippen molar-refractivity contribution in [1.82, 2.24) is 5.43 Å². The summed E-state index contributed by atoms with van der Waals surface area (Å²) in [6.45, 7) is 1.82. The average molecular weight is 369 g/mol. The number of nitrogens with one attached hydrogen (secondary N) is 1. The molecular weight excluding hydrogens is 352 g/mol. The number of ether oxygens (including phenoxy) is 1. The van der Waals surface area contributed by atoms with Gasteiger partial charge in [-0.05, 0) is 42.8 Å². The lowest BCUT2D eigenvalue weighted by Gasteiger charge is -2.03. The molecule has 1 aromatic heterocycles. The van der Waals surface area contributed by atoms with Crippen LogP contribution in [0.1, 0.15) is 11.3 Å². The molecule has 0 unspecified atom stereocenters. The van der Waals surface area contributed by atoms with Crippen molar-refractivity contribution in [2.45, 2.75) is 6.92 Å². The third kappa shape index (κ3) is 4.74. The number of rotatable bonds is 6. The fourth-order valence-electron chi connectivity index (χ4n) is 2.19. The zero-order chi connectivity index (χ0) is 18.4. The van der Waals surface area contributed by atoms with E-state index in [1.807, 2.05) is 49.4 Å². The predicted molar refractivity (Wildman–Crippen MR) is 102 cm³/mol. The molecule has 132 valence electrons. The fraction of sp³-hybridized carbons (Fsp3) is 0.100. The second-order valence-corrected chi connectivity index (χ2v) is 5.97. The Morgan fingerprint density at radius 2 is 2.00 bits per heavy atom. The second-order valence-electron chi connectivity index (χ2n) is 5.56. The fourth-order valence-corrected chi connectivity index (χ4v) is 2.37. The average Bonchev–Trinajstić information content (AvgIpc) is 3.12. The highest BCUT2D eigenvalue weighted by molar-refractivity contribution is 6.31. The summed E-state index contributed by atoms with van der Waals surface area (Å²) >= 11 is 6.14. The SMILES string of the molecule is Cc1ccc(-c2ccc(C=NNC(=O)COc3ccccc3)o2)cc1Cl. The van der Waals surface area contributed by atoms with Gasteiger partial charge in [-0.25, -0.2) is 5.43 Å². The third-order valence-corrected chi connectivity index (χ3v) is 3.98. The van der Waals surface area contributed by atoms with Gasteiger partial charge in [-0.3, -0.25) is 4.79 Å². The number of hydrogen-bond acceptors (Lipinski definition) is 4. The summed E-state index contributed by atoms with van der Waals surface area (Å²) in [5, 5.41) is 4.55. The van der Waals surface area contributed by atoms with Crippen LogP contribution >= 0.6 is 11.6 Å². The van der Waals surface area contributed by atoms with Crippen LogP contribution in [0.15, 0.2) is 70.2 Å². The molecule has 1 N–H and O–H groups in total. The van der Waals surface area contributed by atoms with Gasteiger partial charge in [0.05, 0.1) is 6.21 Å². The van der Waals surface area contributed by atoms with Crippen LogP contribution in [-0.4, -0.2) is 18.7 Å². The van der Waals surface area contributed by atoms with Crippen LogP contribution in [0.4, 0.5) is 0 Å². The smallest absolute Gasteiger partial charge is 0.277 e. The van der Waals surface area contributed by atoms with E-state index in [0.29, 0.717) is 22.3 Å². The molecule has 3 aromatic rings. The van der Waals surface area contributed by atoms with Crippen LogP contribution < -0.4 is 10.2 Å². The molecule has 0 aliphatic carbocycles. The zero-order valence-electron chi connectivity index (χ0n) is 14.1. The lowest BCUT2D eigenvalue weighted by atomic mass is 10.1. The number of halogens is 1. The molecule has 0 aliphatic heterocycles. The van der Waals surface area contributed by atoms with E-state index < -0.39 is 0 Å². The minimum Gasteiger partial charge on any atom is -0.484 e. The first-order chi connectivity index (χ1) is 12.6. The number of carbonyl (C=O) groups excluding carboxylic acids is 1. The molecular formula is C20H17ClN2O3. The van der Waals surface area contributed by atoms with Gasteiger partial charge in [0.1, 0.15) is 17.3 Å². The Kier molecular flexibility index (Phi) is 5.71. The highest BCUT2D eigenvalue weighted by Crippen LogP contribution is 2.26. The Morgan fingerprint density at radius 1 is 1.19 bits per heavy atom. The van der Waals surface area contributed by atoms with Gasteiger partial charge in [0.2, 0.25) is 0 Å². The quantitative estimate of drug-likeness (QED) is 0.517. The summed E-state index contributed by atoms with van der Waals surface area (Å²) in [7, 11) is 0. The lowest BCUT2D eigenvalue weighted by molar-refractivity contribution is -0.123. The maximum Gasteiger partial charge on any atom is 0.277 e. The summed E-state index contributed by atoms with van der Waals surface area (Å²) in [5.74, 6) is 1.45. The maximum absolute atomic E-state index is 11.7. The van der Waals surface area contributed by atoms with Crippen molar-refractivity contribution in [3.63, 3.8) is 0 Å². The Labute approximate surface area is 156 Å². The third-order valence-electron chi connectivity index (χ3n) is 3.58. The van der Waals surface area contributed by atoms with Crippen LogP contribution in [0.2, 0.25) is 5.02 Å². The summed E-state index contributed by atoms with van der Waals surface area (Å²) in [6.07, 6.45) is 1.43. The molecule has 6 heteroatoms. The van der Waals surface area contributed by atoms with E-state index in [4.69, 9.17) is 20.8 Å². The number of aryl methyl sites for hydroxylation is 1. The summed E-state index contributed by atoms with van der Waals surface area (Å²) in [4.78, 5) is 11.7. The van der Waals surface area contributed by atoms with E-state index in [9.17, 15) is 4.79 Å². The molecule has 5 nitrogen and oxygen atoms in total. The van der Waals surface area contributed by atoms with E-state index in [1.54, 1.807) is 18.2 Å². The number of carbonyl (C=O) groups is 1. The molecule has 0 spiro atoms. The first kappa shape index (κ1) is 17.8. The predicted octanol–water partition coefficient (Wildman–Crippen LogP) is 4.44. The Bertz CT molecular complexity index is 920. The van der Waals surface area contributed by atoms with Gasteiger partial charge in [0, 0.05) is 10.6 Å². The van der Waals surface area contributed by atoms with Gasteiger partial charge in [0.15, 0.2) is 6.61 Å². The number of amides is 1. The van der Waals surface area contributed by atoms with Crippen LogP contribution in [0, 0.1) is 6.92 Å². The van der Waals surface area contributed by atoms with Gasteiger partial charge in [0.25, 0.3) is 5.91 Å². The van der Waals surface area contributed by atoms with Crippen molar-refractivity contribution in [3.8, 4) is 17.1 Å². The van der Waals surface area contributed by atoms with Crippen LogP contribution in [0.5, 0.6) is 5.75 Å². The zero-order valence-corrected chi connectivity index (χ0v) is 14.9. The van der Waals surface area contributed by atoms with Crippen molar-refractivity contribution >= 4 is 23.7 Å². The molecule has 1 amide bonds. The molecule has 1 heterocycles. The molecule has 0 saturated carbocycles. The number of hydrazone groups is 1. The first-order valence-electron chi connectivity index (χ1n) is 7.98. The van der Waals surface area contributed by atoms with Crippen LogP contribution in [-0.2, 0) is 4.79 Å². The lowest BCUT2D eigenvalue weighted by Crippen LogP contribution is -2.24. The highest BCUT2D eigenvalue weighted by Gasteiger charge is 2.06. The molecule has 0 radical (unpaired) electrons. The van der Waals surface area contributed by atoms with Crippen molar-refractivity contribution < 1.29 is 13.9 Å². The normalized spacial score (nSPS) is 10.8. The number of hydrogen-bond donors (Lipinski definition) is 1. The van der Waals surface area contributed by atoms with Gasteiger partial charge in [-0.1, -0.05) is 41.9 Å². The maximum atomic E-state index is 11.7. The van der Waals surface area contributed by atoms with Gasteiger partial charge < -0.3 is 9.15 Å². The number of furan rings is 1. The van der Waals surface area contributed by atoms with Crippen molar-refractivity contribution in [3.05, 3.63) is 77.0 Å².